The topological polar surface area (TPSA) is 35.5 Å². The minimum Gasteiger partial charge on any atom is -0.496 e. The summed E-state index contributed by atoms with van der Waals surface area (Å²) in [5, 5.41) is 4.32. The van der Waals surface area contributed by atoms with Crippen molar-refractivity contribution in [3.8, 4) is 16.9 Å². The maximum Gasteiger partial charge on any atom is 0.189 e. The van der Waals surface area contributed by atoms with E-state index in [9.17, 15) is 4.21 Å². The summed E-state index contributed by atoms with van der Waals surface area (Å²) in [5.74, 6) is 0.748. The Hall–Kier alpha value is -2.69. The molecule has 0 spiro atoms. The lowest BCUT2D eigenvalue weighted by atomic mass is 9.83. The van der Waals surface area contributed by atoms with Crippen LogP contribution in [0.2, 0.25) is 0 Å². The van der Waals surface area contributed by atoms with Gasteiger partial charge in [-0.15, -0.1) is 0 Å². The number of hydrogen-bond acceptors (Lipinski definition) is 3. The highest BCUT2D eigenvalue weighted by Crippen LogP contribution is 2.44. The van der Waals surface area contributed by atoms with E-state index >= 15 is 0 Å². The molecule has 0 bridgehead atoms. The van der Waals surface area contributed by atoms with E-state index in [2.05, 4.69) is 84.0 Å². The standard InChI is InChI=1S/C30H34O3S/c1-29(2,3)21-11-13-23-19(17-21)9-15-25(32-7)27(23)28-24-14-12-22(30(4,5)6)18-20(24)10-16-26(28)34(31)33-8/h9-18H,1-8H3. The number of hydrogen-bond donors (Lipinski definition) is 0. The molecule has 0 heterocycles. The van der Waals surface area contributed by atoms with Crippen LogP contribution >= 0.6 is 0 Å². The largest absolute Gasteiger partial charge is 0.496 e. The van der Waals surface area contributed by atoms with Crippen LogP contribution in [-0.4, -0.2) is 18.4 Å². The molecule has 0 aliphatic heterocycles. The van der Waals surface area contributed by atoms with Crippen LogP contribution in [0.1, 0.15) is 52.7 Å². The van der Waals surface area contributed by atoms with Gasteiger partial charge in [0.25, 0.3) is 0 Å². The Morgan fingerprint density at radius 1 is 0.647 bits per heavy atom. The van der Waals surface area contributed by atoms with Gasteiger partial charge in [-0.1, -0.05) is 90.1 Å². The molecule has 4 heteroatoms. The Bertz CT molecular complexity index is 1410. The van der Waals surface area contributed by atoms with Crippen molar-refractivity contribution < 1.29 is 13.1 Å². The average Bonchev–Trinajstić information content (AvgIpc) is 2.80. The summed E-state index contributed by atoms with van der Waals surface area (Å²) in [7, 11) is 3.16. The Balaban J connectivity index is 2.14. The molecular weight excluding hydrogens is 440 g/mol. The molecule has 178 valence electrons. The zero-order valence-corrected chi connectivity index (χ0v) is 22.2. The summed E-state index contributed by atoms with van der Waals surface area (Å²) in [6.45, 7) is 13.3. The summed E-state index contributed by atoms with van der Waals surface area (Å²) < 4.78 is 24.2. The van der Waals surface area contributed by atoms with E-state index in [4.69, 9.17) is 8.92 Å². The number of rotatable bonds is 4. The molecule has 1 atom stereocenters. The summed E-state index contributed by atoms with van der Waals surface area (Å²) in [6.07, 6.45) is 0. The van der Waals surface area contributed by atoms with Crippen molar-refractivity contribution >= 4 is 32.6 Å². The van der Waals surface area contributed by atoms with Gasteiger partial charge in [-0.25, -0.2) is 4.21 Å². The fraction of sp³-hybridized carbons (Fsp3) is 0.333. The first kappa shape index (κ1) is 24.4. The van der Waals surface area contributed by atoms with E-state index in [1.807, 2.05) is 18.2 Å². The number of methoxy groups -OCH3 is 1. The van der Waals surface area contributed by atoms with E-state index in [0.717, 1.165) is 38.4 Å². The predicted molar refractivity (Wildman–Crippen MR) is 144 cm³/mol. The molecule has 0 aliphatic carbocycles. The van der Waals surface area contributed by atoms with Crippen LogP contribution in [0.25, 0.3) is 32.7 Å². The molecule has 0 aliphatic rings. The van der Waals surface area contributed by atoms with Crippen molar-refractivity contribution in [1.29, 1.82) is 0 Å². The predicted octanol–water partition coefficient (Wildman–Crippen LogP) is 7.93. The van der Waals surface area contributed by atoms with Crippen molar-refractivity contribution in [3.63, 3.8) is 0 Å². The van der Waals surface area contributed by atoms with E-state index in [-0.39, 0.29) is 10.8 Å². The van der Waals surface area contributed by atoms with E-state index in [0.29, 0.717) is 4.90 Å². The van der Waals surface area contributed by atoms with E-state index in [1.165, 1.54) is 18.2 Å². The molecule has 0 saturated heterocycles. The SMILES string of the molecule is COc1ccc2cc(C(C)(C)C)ccc2c1-c1c(S(=O)OC)ccc2cc(C(C)(C)C)ccc12. The zero-order valence-electron chi connectivity index (χ0n) is 21.4. The molecule has 0 fully saturated rings. The molecule has 4 rings (SSSR count). The highest BCUT2D eigenvalue weighted by molar-refractivity contribution is 7.80. The van der Waals surface area contributed by atoms with Crippen molar-refractivity contribution in [2.75, 3.05) is 14.2 Å². The molecule has 0 aromatic heterocycles. The molecule has 0 radical (unpaired) electrons. The summed E-state index contributed by atoms with van der Waals surface area (Å²) in [5.41, 5.74) is 4.43. The molecule has 0 saturated carbocycles. The van der Waals surface area contributed by atoms with E-state index < -0.39 is 11.1 Å². The summed E-state index contributed by atoms with van der Waals surface area (Å²) in [4.78, 5) is 0.643. The van der Waals surface area contributed by atoms with Gasteiger partial charge in [-0.3, -0.25) is 4.18 Å². The third-order valence-corrected chi connectivity index (χ3v) is 7.50. The van der Waals surface area contributed by atoms with Gasteiger partial charge in [0, 0.05) is 11.1 Å². The van der Waals surface area contributed by atoms with Crippen LogP contribution in [0.15, 0.2) is 65.6 Å². The quantitative estimate of drug-likeness (QED) is 0.301. The van der Waals surface area contributed by atoms with Gasteiger partial charge in [-0.05, 0) is 55.6 Å². The van der Waals surface area contributed by atoms with Gasteiger partial charge < -0.3 is 4.74 Å². The van der Waals surface area contributed by atoms with Crippen molar-refractivity contribution in [2.24, 2.45) is 0 Å². The second kappa shape index (κ2) is 8.83. The smallest absolute Gasteiger partial charge is 0.189 e. The average molecular weight is 475 g/mol. The summed E-state index contributed by atoms with van der Waals surface area (Å²) >= 11 is -1.61. The van der Waals surface area contributed by atoms with Gasteiger partial charge in [0.2, 0.25) is 0 Å². The van der Waals surface area contributed by atoms with Gasteiger partial charge in [-0.2, -0.15) is 0 Å². The molecule has 34 heavy (non-hydrogen) atoms. The van der Waals surface area contributed by atoms with Crippen LogP contribution < -0.4 is 4.74 Å². The number of benzene rings is 4. The lowest BCUT2D eigenvalue weighted by Crippen LogP contribution is -2.11. The highest BCUT2D eigenvalue weighted by atomic mass is 32.2. The maximum absolute atomic E-state index is 13.0. The van der Waals surface area contributed by atoms with Gasteiger partial charge >= 0.3 is 0 Å². The minimum absolute atomic E-state index is 0.0306. The molecular formula is C30H34O3S. The van der Waals surface area contributed by atoms with Crippen LogP contribution in [0, 0.1) is 0 Å². The van der Waals surface area contributed by atoms with Crippen LogP contribution in [0.3, 0.4) is 0 Å². The van der Waals surface area contributed by atoms with Gasteiger partial charge in [0.1, 0.15) is 5.75 Å². The van der Waals surface area contributed by atoms with Crippen LogP contribution in [-0.2, 0) is 26.1 Å². The Labute approximate surface area is 205 Å². The third kappa shape index (κ3) is 4.37. The van der Waals surface area contributed by atoms with Gasteiger partial charge in [0.05, 0.1) is 19.1 Å². The van der Waals surface area contributed by atoms with Crippen LogP contribution in [0.5, 0.6) is 5.75 Å². The molecule has 4 aromatic carbocycles. The molecule has 3 nitrogen and oxygen atoms in total. The third-order valence-electron chi connectivity index (χ3n) is 6.50. The lowest BCUT2D eigenvalue weighted by molar-refractivity contribution is 0.417. The van der Waals surface area contributed by atoms with Gasteiger partial charge in [0.15, 0.2) is 11.1 Å². The van der Waals surface area contributed by atoms with Crippen LogP contribution in [0.4, 0.5) is 0 Å². The monoisotopic (exact) mass is 474 g/mol. The normalized spacial score (nSPS) is 13.4. The molecule has 4 aromatic rings. The second-order valence-corrected chi connectivity index (χ2v) is 12.1. The Morgan fingerprint density at radius 3 is 1.62 bits per heavy atom. The number of fused-ring (bicyclic) bond motifs is 2. The fourth-order valence-corrected chi connectivity index (χ4v) is 5.20. The van der Waals surface area contributed by atoms with Crippen molar-refractivity contribution in [3.05, 3.63) is 71.8 Å². The first-order valence-corrected chi connectivity index (χ1v) is 12.7. The van der Waals surface area contributed by atoms with E-state index in [1.54, 1.807) is 7.11 Å². The lowest BCUT2D eigenvalue weighted by Gasteiger charge is -2.23. The van der Waals surface area contributed by atoms with Crippen molar-refractivity contribution in [2.45, 2.75) is 57.3 Å². The highest BCUT2D eigenvalue weighted by Gasteiger charge is 2.23. The first-order valence-electron chi connectivity index (χ1n) is 11.6. The Morgan fingerprint density at radius 2 is 1.15 bits per heavy atom. The first-order chi connectivity index (χ1) is 16.0. The zero-order chi connectivity index (χ0) is 24.8. The fourth-order valence-electron chi connectivity index (χ4n) is 4.47. The molecule has 0 amide bonds. The molecule has 1 unspecified atom stereocenters. The Kier molecular flexibility index (Phi) is 6.34. The number of ether oxygens (including phenoxy) is 1. The molecule has 0 N–H and O–H groups in total. The van der Waals surface area contributed by atoms with Crippen molar-refractivity contribution in [1.82, 2.24) is 0 Å². The minimum atomic E-state index is -1.61. The maximum atomic E-state index is 13.0. The second-order valence-electron chi connectivity index (χ2n) is 10.9. The summed E-state index contributed by atoms with van der Waals surface area (Å²) in [6, 6.07) is 21.2.